The fourth-order valence-corrected chi connectivity index (χ4v) is 7.66. The van der Waals surface area contributed by atoms with Gasteiger partial charge >= 0.3 is 12.3 Å². The zero-order valence-corrected chi connectivity index (χ0v) is 26.2. The molecule has 1 aromatic heterocycles. The zero-order valence-electron chi connectivity index (χ0n) is 25.4. The van der Waals surface area contributed by atoms with Gasteiger partial charge in [0.2, 0.25) is 5.88 Å². The maximum atomic E-state index is 14.6. The molecule has 10 heteroatoms. The normalized spacial score (nSPS) is 14.3. The Morgan fingerprint density at radius 2 is 1.29 bits per heavy atom. The van der Waals surface area contributed by atoms with Crippen LogP contribution in [0.25, 0.3) is 0 Å². The highest BCUT2D eigenvalue weighted by molar-refractivity contribution is 8.31. The molecule has 6 nitrogen and oxygen atoms in total. The number of rotatable bonds is 8. The highest BCUT2D eigenvalue weighted by atomic mass is 32.3. The van der Waals surface area contributed by atoms with E-state index in [9.17, 15) is 18.0 Å². The van der Waals surface area contributed by atoms with Crippen LogP contribution < -0.4 is 4.74 Å². The van der Waals surface area contributed by atoms with Crippen molar-refractivity contribution in [3.05, 3.63) is 72.9 Å². The maximum absolute atomic E-state index is 14.6. The SMILES string of the molecule is CC.CC(C)(C)OC(=O)n1ccc(OCC(C)(COS(c2ccccc2)(c2ccccc2)C(C)(C)C)C(F)(F)F)n1. The second-order valence-corrected chi connectivity index (χ2v) is 15.0. The van der Waals surface area contributed by atoms with Crippen molar-refractivity contribution in [1.82, 2.24) is 9.78 Å². The van der Waals surface area contributed by atoms with Crippen LogP contribution in [0.4, 0.5) is 18.0 Å². The summed E-state index contributed by atoms with van der Waals surface area (Å²) < 4.78 is 61.3. The minimum absolute atomic E-state index is 0.128. The van der Waals surface area contributed by atoms with E-state index in [1.807, 2.05) is 95.3 Å². The number of hydrogen-bond donors (Lipinski definition) is 0. The molecule has 0 saturated carbocycles. The quantitative estimate of drug-likeness (QED) is 0.259. The van der Waals surface area contributed by atoms with Crippen molar-refractivity contribution in [3.8, 4) is 5.88 Å². The molecule has 0 aliphatic rings. The molecule has 0 amide bonds. The molecule has 0 N–H and O–H groups in total. The van der Waals surface area contributed by atoms with Crippen LogP contribution >= 0.6 is 10.3 Å². The van der Waals surface area contributed by atoms with E-state index in [1.165, 1.54) is 12.3 Å². The van der Waals surface area contributed by atoms with Gasteiger partial charge in [-0.1, -0.05) is 60.6 Å². The fourth-order valence-electron chi connectivity index (χ4n) is 3.83. The lowest BCUT2D eigenvalue weighted by molar-refractivity contribution is -0.234. The molecule has 3 aromatic rings. The van der Waals surface area contributed by atoms with Crippen LogP contribution in [0, 0.1) is 5.41 Å². The minimum Gasteiger partial charge on any atom is -0.476 e. The van der Waals surface area contributed by atoms with Gasteiger partial charge < -0.3 is 13.7 Å². The van der Waals surface area contributed by atoms with E-state index in [0.717, 1.165) is 21.4 Å². The third-order valence-electron chi connectivity index (χ3n) is 5.94. The first-order valence-electron chi connectivity index (χ1n) is 13.5. The van der Waals surface area contributed by atoms with Gasteiger partial charge in [0.05, 0.1) is 6.61 Å². The van der Waals surface area contributed by atoms with Gasteiger partial charge in [0.15, 0.2) is 0 Å². The van der Waals surface area contributed by atoms with Gasteiger partial charge in [0.25, 0.3) is 0 Å². The molecule has 41 heavy (non-hydrogen) atoms. The molecule has 0 saturated heterocycles. The highest BCUT2D eigenvalue weighted by Gasteiger charge is 2.54. The molecule has 2 aromatic carbocycles. The van der Waals surface area contributed by atoms with Crippen molar-refractivity contribution in [2.24, 2.45) is 5.41 Å². The first kappa shape index (κ1) is 34.2. The Balaban J connectivity index is 0.00000287. The molecule has 1 atom stereocenters. The standard InChI is InChI=1S/C29H37F3N2O4S.C2H6/c1-26(2,3)38-25(35)34-19-18-24(33-34)36-20-28(7,29(30,31)32)21-37-39(27(4,5)6,22-14-10-8-11-15-22)23-16-12-9-13-17-23;1-2/h8-19H,20-21H2,1-7H3;1-2H3. The molecular weight excluding hydrogens is 553 g/mol. The van der Waals surface area contributed by atoms with Crippen molar-refractivity contribution < 1.29 is 31.6 Å². The summed E-state index contributed by atoms with van der Waals surface area (Å²) in [5, 5.41) is 3.94. The first-order valence-corrected chi connectivity index (χ1v) is 15.1. The summed E-state index contributed by atoms with van der Waals surface area (Å²) in [5.41, 5.74) is -3.13. The monoisotopic (exact) mass is 596 g/mol. The van der Waals surface area contributed by atoms with Gasteiger partial charge in [-0.15, -0.1) is 5.10 Å². The summed E-state index contributed by atoms with van der Waals surface area (Å²) in [6.07, 6.45) is -4.13. The van der Waals surface area contributed by atoms with E-state index in [2.05, 4.69) is 5.10 Å². The average Bonchev–Trinajstić information content (AvgIpc) is 3.37. The van der Waals surface area contributed by atoms with E-state index in [-0.39, 0.29) is 5.88 Å². The van der Waals surface area contributed by atoms with E-state index in [0.29, 0.717) is 0 Å². The molecular formula is C31H43F3N2O4S. The Kier molecular flexibility index (Phi) is 11.1. The number of carbonyl (C=O) groups excluding carboxylic acids is 1. The topological polar surface area (TPSA) is 62.6 Å². The average molecular weight is 597 g/mol. The summed E-state index contributed by atoms with van der Waals surface area (Å²) in [6.45, 7) is 14.7. The molecule has 3 rings (SSSR count). The van der Waals surface area contributed by atoms with Gasteiger partial charge in [0, 0.05) is 26.8 Å². The molecule has 0 aliphatic heterocycles. The molecule has 0 spiro atoms. The maximum Gasteiger partial charge on any atom is 0.435 e. The summed E-state index contributed by atoms with van der Waals surface area (Å²) >= 11 is 0. The van der Waals surface area contributed by atoms with Crippen molar-refractivity contribution in [3.63, 3.8) is 0 Å². The Labute approximate surface area is 243 Å². The lowest BCUT2D eigenvalue weighted by Crippen LogP contribution is -2.45. The molecule has 0 aliphatic carbocycles. The smallest absolute Gasteiger partial charge is 0.435 e. The minimum atomic E-state index is -4.66. The van der Waals surface area contributed by atoms with Crippen LogP contribution in [-0.4, -0.2) is 45.6 Å². The fraction of sp³-hybridized carbons (Fsp3) is 0.484. The summed E-state index contributed by atoms with van der Waals surface area (Å²) in [5.74, 6) is -0.128. The number of aromatic nitrogens is 2. The van der Waals surface area contributed by atoms with Gasteiger partial charge in [-0.3, -0.25) is 0 Å². The van der Waals surface area contributed by atoms with E-state index < -0.39 is 51.6 Å². The number of ether oxygens (including phenoxy) is 2. The predicted octanol–water partition coefficient (Wildman–Crippen LogP) is 9.29. The van der Waals surface area contributed by atoms with Crippen molar-refractivity contribution in [2.75, 3.05) is 13.2 Å². The van der Waals surface area contributed by atoms with Crippen LogP contribution in [0.5, 0.6) is 5.88 Å². The van der Waals surface area contributed by atoms with Crippen LogP contribution in [-0.2, 0) is 8.92 Å². The van der Waals surface area contributed by atoms with Gasteiger partial charge in [0.1, 0.15) is 17.6 Å². The molecule has 0 bridgehead atoms. The Bertz CT molecular complexity index is 1200. The Morgan fingerprint density at radius 1 is 0.805 bits per heavy atom. The second-order valence-electron chi connectivity index (χ2n) is 11.5. The lowest BCUT2D eigenvalue weighted by atomic mass is 9.92. The van der Waals surface area contributed by atoms with Gasteiger partial charge in [-0.2, -0.15) is 17.9 Å². The Morgan fingerprint density at radius 3 is 1.71 bits per heavy atom. The van der Waals surface area contributed by atoms with Crippen LogP contribution in [0.1, 0.15) is 62.3 Å². The number of halogens is 3. The number of benzene rings is 2. The van der Waals surface area contributed by atoms with Crippen molar-refractivity contribution in [1.29, 1.82) is 0 Å². The van der Waals surface area contributed by atoms with Crippen LogP contribution in [0.15, 0.2) is 82.7 Å². The third-order valence-corrected chi connectivity index (χ3v) is 10.0. The zero-order chi connectivity index (χ0) is 31.1. The molecule has 0 fully saturated rings. The number of carbonyl (C=O) groups is 1. The number of hydrogen-bond acceptors (Lipinski definition) is 5. The van der Waals surface area contributed by atoms with Crippen LogP contribution in [0.2, 0.25) is 0 Å². The lowest BCUT2D eigenvalue weighted by Gasteiger charge is -2.51. The van der Waals surface area contributed by atoms with E-state index in [1.54, 1.807) is 20.8 Å². The molecule has 1 heterocycles. The predicted molar refractivity (Wildman–Crippen MR) is 158 cm³/mol. The Hall–Kier alpha value is -2.98. The van der Waals surface area contributed by atoms with Gasteiger partial charge in [-0.05, 0) is 72.7 Å². The summed E-state index contributed by atoms with van der Waals surface area (Å²) in [7, 11) is -2.41. The van der Waals surface area contributed by atoms with E-state index in [4.69, 9.17) is 13.7 Å². The van der Waals surface area contributed by atoms with Crippen molar-refractivity contribution >= 4 is 16.4 Å². The van der Waals surface area contributed by atoms with Crippen molar-refractivity contribution in [2.45, 2.75) is 88.6 Å². The van der Waals surface area contributed by atoms with Crippen LogP contribution in [0.3, 0.4) is 0 Å². The molecule has 228 valence electrons. The largest absolute Gasteiger partial charge is 0.476 e. The molecule has 1 unspecified atom stereocenters. The first-order chi connectivity index (χ1) is 19.0. The summed E-state index contributed by atoms with van der Waals surface area (Å²) in [4.78, 5) is 13.9. The van der Waals surface area contributed by atoms with E-state index >= 15 is 0 Å². The second kappa shape index (κ2) is 13.3. The summed E-state index contributed by atoms with van der Waals surface area (Å²) in [6, 6.07) is 20.1. The number of alkyl halides is 3. The molecule has 0 radical (unpaired) electrons. The third kappa shape index (κ3) is 8.29. The highest BCUT2D eigenvalue weighted by Crippen LogP contribution is 2.71. The van der Waals surface area contributed by atoms with Gasteiger partial charge in [-0.25, -0.2) is 4.79 Å². The number of nitrogens with zero attached hydrogens (tertiary/aromatic N) is 2.